The zero-order chi connectivity index (χ0) is 20.1. The highest BCUT2D eigenvalue weighted by Crippen LogP contribution is 2.25. The van der Waals surface area contributed by atoms with Gasteiger partial charge in [0.15, 0.2) is 6.61 Å². The molecule has 8 nitrogen and oxygen atoms in total. The van der Waals surface area contributed by atoms with Crippen LogP contribution in [0.4, 0.5) is 11.4 Å². The third kappa shape index (κ3) is 4.54. The highest BCUT2D eigenvalue weighted by molar-refractivity contribution is 6.33. The summed E-state index contributed by atoms with van der Waals surface area (Å²) in [6.07, 6.45) is 0. The Hall–Kier alpha value is -3.65. The average molecular weight is 401 g/mol. The predicted molar refractivity (Wildman–Crippen MR) is 101 cm³/mol. The van der Waals surface area contributed by atoms with Gasteiger partial charge >= 0.3 is 5.97 Å². The molecule has 9 heteroatoms. The van der Waals surface area contributed by atoms with Crippen LogP contribution in [0.3, 0.4) is 0 Å². The van der Waals surface area contributed by atoms with Gasteiger partial charge in [0.2, 0.25) is 5.76 Å². The van der Waals surface area contributed by atoms with Crippen LogP contribution in [-0.2, 0) is 9.53 Å². The predicted octanol–water partition coefficient (Wildman–Crippen LogP) is 4.30. The van der Waals surface area contributed by atoms with Gasteiger partial charge in [0.1, 0.15) is 5.76 Å². The molecule has 0 aliphatic rings. The molecule has 0 bridgehead atoms. The van der Waals surface area contributed by atoms with Crippen LogP contribution in [0.5, 0.6) is 0 Å². The summed E-state index contributed by atoms with van der Waals surface area (Å²) in [5.74, 6) is -1.13. The van der Waals surface area contributed by atoms with E-state index in [9.17, 15) is 19.7 Å². The summed E-state index contributed by atoms with van der Waals surface area (Å²) >= 11 is 5.94. The lowest BCUT2D eigenvalue weighted by Crippen LogP contribution is -2.20. The van der Waals surface area contributed by atoms with Crippen molar-refractivity contribution < 1.29 is 23.7 Å². The molecule has 0 aliphatic carbocycles. The lowest BCUT2D eigenvalue weighted by atomic mass is 10.1. The van der Waals surface area contributed by atoms with Crippen molar-refractivity contribution in [3.8, 4) is 11.3 Å². The first-order valence-electron chi connectivity index (χ1n) is 8.00. The van der Waals surface area contributed by atoms with Crippen molar-refractivity contribution in [3.63, 3.8) is 0 Å². The number of benzene rings is 2. The number of carbonyl (C=O) groups excluding carboxylic acids is 2. The molecule has 0 fully saturated rings. The molecule has 0 spiro atoms. The van der Waals surface area contributed by atoms with Crippen LogP contribution in [0, 0.1) is 10.1 Å². The van der Waals surface area contributed by atoms with Crippen LogP contribution in [0.15, 0.2) is 65.1 Å². The molecule has 0 atom stereocenters. The molecule has 142 valence electrons. The van der Waals surface area contributed by atoms with Crippen molar-refractivity contribution in [2.45, 2.75) is 0 Å². The number of halogens is 1. The van der Waals surface area contributed by atoms with Crippen LogP contribution in [0.1, 0.15) is 10.6 Å². The minimum atomic E-state index is -0.817. The molecule has 0 radical (unpaired) electrons. The summed E-state index contributed by atoms with van der Waals surface area (Å²) in [7, 11) is 0. The van der Waals surface area contributed by atoms with Gasteiger partial charge < -0.3 is 14.5 Å². The second-order valence-electron chi connectivity index (χ2n) is 5.57. The summed E-state index contributed by atoms with van der Waals surface area (Å²) < 4.78 is 10.3. The number of para-hydroxylation sites is 1. The SMILES string of the molecule is O=C(COC(=O)c1ccc(-c2ccc([N+](=O)[O-])cc2)o1)Nc1ccccc1Cl. The molecule has 1 N–H and O–H groups in total. The number of carbonyl (C=O) groups is 2. The number of hydrogen-bond acceptors (Lipinski definition) is 6. The molecule has 0 saturated heterocycles. The van der Waals surface area contributed by atoms with E-state index < -0.39 is 23.4 Å². The van der Waals surface area contributed by atoms with Gasteiger partial charge in [-0.15, -0.1) is 0 Å². The van der Waals surface area contributed by atoms with Crippen molar-refractivity contribution in [2.75, 3.05) is 11.9 Å². The van der Waals surface area contributed by atoms with Gasteiger partial charge in [-0.05, 0) is 36.4 Å². The Morgan fingerprint density at radius 3 is 2.46 bits per heavy atom. The normalized spacial score (nSPS) is 10.3. The third-order valence-electron chi connectivity index (χ3n) is 3.65. The molecule has 28 heavy (non-hydrogen) atoms. The number of furan rings is 1. The maximum absolute atomic E-state index is 12.0. The van der Waals surface area contributed by atoms with E-state index in [4.69, 9.17) is 20.8 Å². The molecule has 0 aliphatic heterocycles. The first-order valence-corrected chi connectivity index (χ1v) is 8.38. The number of non-ortho nitro benzene ring substituents is 1. The highest BCUT2D eigenvalue weighted by Gasteiger charge is 2.16. The van der Waals surface area contributed by atoms with Gasteiger partial charge in [0, 0.05) is 17.7 Å². The van der Waals surface area contributed by atoms with Crippen LogP contribution >= 0.6 is 11.6 Å². The van der Waals surface area contributed by atoms with E-state index >= 15 is 0 Å². The van der Waals surface area contributed by atoms with Crippen LogP contribution in [-0.4, -0.2) is 23.4 Å². The Labute approximate surface area is 163 Å². The number of nitrogens with zero attached hydrogens (tertiary/aromatic N) is 1. The minimum absolute atomic E-state index is 0.0560. The number of rotatable bonds is 6. The van der Waals surface area contributed by atoms with Crippen LogP contribution < -0.4 is 5.32 Å². The number of nitro benzene ring substituents is 1. The van der Waals surface area contributed by atoms with Crippen molar-refractivity contribution in [2.24, 2.45) is 0 Å². The van der Waals surface area contributed by atoms with Crippen LogP contribution in [0.25, 0.3) is 11.3 Å². The van der Waals surface area contributed by atoms with Crippen molar-refractivity contribution in [3.05, 3.63) is 81.6 Å². The topological polar surface area (TPSA) is 112 Å². The Kier molecular flexibility index (Phi) is 5.71. The van der Waals surface area contributed by atoms with E-state index in [1.165, 1.54) is 36.4 Å². The summed E-state index contributed by atoms with van der Waals surface area (Å²) in [5, 5.41) is 13.6. The minimum Gasteiger partial charge on any atom is -0.450 e. The highest BCUT2D eigenvalue weighted by atomic mass is 35.5. The van der Waals surface area contributed by atoms with Gasteiger partial charge in [-0.1, -0.05) is 23.7 Å². The quantitative estimate of drug-likeness (QED) is 0.375. The maximum Gasteiger partial charge on any atom is 0.374 e. The van der Waals surface area contributed by atoms with Gasteiger partial charge in [-0.3, -0.25) is 14.9 Å². The summed E-state index contributed by atoms with van der Waals surface area (Å²) in [6, 6.07) is 15.2. The fraction of sp³-hybridized carbons (Fsp3) is 0.0526. The summed E-state index contributed by atoms with van der Waals surface area (Å²) in [5.41, 5.74) is 0.907. The van der Waals surface area contributed by atoms with E-state index in [0.717, 1.165) is 0 Å². The smallest absolute Gasteiger partial charge is 0.374 e. The number of anilines is 1. The first kappa shape index (κ1) is 19.1. The lowest BCUT2D eigenvalue weighted by Gasteiger charge is -2.07. The third-order valence-corrected chi connectivity index (χ3v) is 3.98. The molecular formula is C19H13ClN2O6. The molecule has 1 aromatic heterocycles. The number of nitrogens with one attached hydrogen (secondary N) is 1. The fourth-order valence-electron chi connectivity index (χ4n) is 2.30. The molecular weight excluding hydrogens is 388 g/mol. The zero-order valence-corrected chi connectivity index (χ0v) is 15.0. The van der Waals surface area contributed by atoms with E-state index in [1.807, 2.05) is 0 Å². The molecule has 3 rings (SSSR count). The molecule has 2 aromatic carbocycles. The lowest BCUT2D eigenvalue weighted by molar-refractivity contribution is -0.384. The molecule has 3 aromatic rings. The first-order chi connectivity index (χ1) is 13.4. The monoisotopic (exact) mass is 400 g/mol. The van der Waals surface area contributed by atoms with Gasteiger partial charge in [-0.2, -0.15) is 0 Å². The Morgan fingerprint density at radius 2 is 1.79 bits per heavy atom. The molecule has 0 saturated carbocycles. The largest absolute Gasteiger partial charge is 0.450 e. The number of esters is 1. The maximum atomic E-state index is 12.0. The summed E-state index contributed by atoms with van der Waals surface area (Å²) in [4.78, 5) is 34.1. The Balaban J connectivity index is 1.59. The van der Waals surface area contributed by atoms with E-state index in [1.54, 1.807) is 24.3 Å². The van der Waals surface area contributed by atoms with Crippen molar-refractivity contribution >= 4 is 34.9 Å². The van der Waals surface area contributed by atoms with E-state index in [2.05, 4.69) is 5.32 Å². The van der Waals surface area contributed by atoms with Crippen molar-refractivity contribution in [1.82, 2.24) is 0 Å². The van der Waals surface area contributed by atoms with E-state index in [0.29, 0.717) is 22.0 Å². The number of ether oxygens (including phenoxy) is 1. The molecule has 1 amide bonds. The van der Waals surface area contributed by atoms with Gasteiger partial charge in [0.25, 0.3) is 11.6 Å². The number of hydrogen-bond donors (Lipinski definition) is 1. The number of nitro groups is 1. The number of amides is 1. The zero-order valence-electron chi connectivity index (χ0n) is 14.3. The Morgan fingerprint density at radius 1 is 1.07 bits per heavy atom. The van der Waals surface area contributed by atoms with E-state index in [-0.39, 0.29) is 11.4 Å². The Bertz CT molecular complexity index is 1030. The second kappa shape index (κ2) is 8.36. The van der Waals surface area contributed by atoms with Gasteiger partial charge in [-0.25, -0.2) is 4.79 Å². The fourth-order valence-corrected chi connectivity index (χ4v) is 2.48. The van der Waals surface area contributed by atoms with Gasteiger partial charge in [0.05, 0.1) is 15.6 Å². The average Bonchev–Trinajstić information content (AvgIpc) is 3.18. The second-order valence-corrected chi connectivity index (χ2v) is 5.98. The summed E-state index contributed by atoms with van der Waals surface area (Å²) in [6.45, 7) is -0.516. The molecule has 1 heterocycles. The van der Waals surface area contributed by atoms with Crippen molar-refractivity contribution in [1.29, 1.82) is 0 Å². The molecule has 0 unspecified atom stereocenters. The van der Waals surface area contributed by atoms with Crippen LogP contribution in [0.2, 0.25) is 5.02 Å². The standard InChI is InChI=1S/C19H13ClN2O6/c20-14-3-1-2-4-15(14)21-18(23)11-27-19(24)17-10-9-16(28-17)12-5-7-13(8-6-12)22(25)26/h1-10H,11H2,(H,21,23).